The Labute approximate surface area is 387 Å². The molecule has 14 nitrogen and oxygen atoms in total. The second kappa shape index (κ2) is 25.1. The third-order valence-corrected chi connectivity index (χ3v) is 14.5. The van der Waals surface area contributed by atoms with E-state index in [0.29, 0.717) is 63.4 Å². The molecule has 366 valence electrons. The van der Waals surface area contributed by atoms with E-state index >= 15 is 0 Å². The van der Waals surface area contributed by atoms with Crippen LogP contribution in [0, 0.1) is 35.5 Å². The lowest BCUT2D eigenvalue weighted by molar-refractivity contribution is -0.265. The van der Waals surface area contributed by atoms with Crippen molar-refractivity contribution in [2.45, 2.75) is 180 Å². The van der Waals surface area contributed by atoms with Crippen molar-refractivity contribution in [2.75, 3.05) is 27.9 Å². The van der Waals surface area contributed by atoms with Crippen molar-refractivity contribution < 1.29 is 63.0 Å². The van der Waals surface area contributed by atoms with E-state index in [0.717, 1.165) is 12.0 Å². The zero-order chi connectivity index (χ0) is 48.2. The van der Waals surface area contributed by atoms with Gasteiger partial charge < -0.3 is 43.9 Å². The van der Waals surface area contributed by atoms with Crippen molar-refractivity contribution in [3.63, 3.8) is 0 Å². The highest BCUT2D eigenvalue weighted by molar-refractivity contribution is 6.39. The summed E-state index contributed by atoms with van der Waals surface area (Å²) in [6.07, 6.45) is 11.2. The highest BCUT2D eigenvalue weighted by atomic mass is 16.6. The number of ether oxygens (including phenoxy) is 5. The SMILES string of the molecule is CO[C@@H]1C[C@@H]2CC[C@@H](C)[C@@](O)(O2)C(=O)C(=O)N2CCCC[C@H]2C(=O)O[C@H]([C@H](C)C[C@@H]2CC[C@@H](O)[C@H](OC)C2)CC(=O)C(C)=CC(C)[C@@H](O)[C@@H](OC)C(=O)[C@@H](C)C[C@H](C)C=CC=CC=C1C. The van der Waals surface area contributed by atoms with Crippen molar-refractivity contribution >= 4 is 29.2 Å². The number of amides is 1. The lowest BCUT2D eigenvalue weighted by Gasteiger charge is -2.42. The predicted molar refractivity (Wildman–Crippen MR) is 245 cm³/mol. The maximum absolute atomic E-state index is 14.4. The highest BCUT2D eigenvalue weighted by Crippen LogP contribution is 2.38. The van der Waals surface area contributed by atoms with E-state index in [2.05, 4.69) is 0 Å². The van der Waals surface area contributed by atoms with Crippen molar-refractivity contribution in [1.82, 2.24) is 4.90 Å². The minimum Gasteiger partial charge on any atom is -0.460 e. The van der Waals surface area contributed by atoms with Crippen molar-refractivity contribution in [3.05, 3.63) is 47.6 Å². The average Bonchev–Trinajstić information content (AvgIpc) is 3.28. The van der Waals surface area contributed by atoms with E-state index in [1.165, 1.54) is 12.0 Å². The summed E-state index contributed by atoms with van der Waals surface area (Å²) in [5.41, 5.74) is 1.19. The van der Waals surface area contributed by atoms with Crippen LogP contribution in [-0.2, 0) is 47.7 Å². The molecule has 1 unspecified atom stereocenters. The van der Waals surface area contributed by atoms with Gasteiger partial charge in [0.05, 0.1) is 30.5 Å². The molecule has 3 aliphatic heterocycles. The Kier molecular flexibility index (Phi) is 21.0. The quantitative estimate of drug-likeness (QED) is 0.202. The number of methoxy groups -OCH3 is 3. The van der Waals surface area contributed by atoms with E-state index in [-0.39, 0.29) is 54.8 Å². The summed E-state index contributed by atoms with van der Waals surface area (Å²) < 4.78 is 29.4. The highest BCUT2D eigenvalue weighted by Gasteiger charge is 2.53. The molecule has 3 heterocycles. The fourth-order valence-electron chi connectivity index (χ4n) is 10.1. The Morgan fingerprint density at radius 2 is 1.58 bits per heavy atom. The zero-order valence-electron chi connectivity index (χ0n) is 40.6. The number of rotatable bonds is 6. The molecule has 4 rings (SSSR count). The zero-order valence-corrected chi connectivity index (χ0v) is 40.6. The van der Waals surface area contributed by atoms with Crippen LogP contribution in [0.25, 0.3) is 0 Å². The molecule has 65 heavy (non-hydrogen) atoms. The number of Topliss-reactive ketones (excluding diaryl/α,β-unsaturated/α-hetero) is 3. The number of nitrogens with zero attached hydrogens (tertiary/aromatic N) is 1. The third-order valence-electron chi connectivity index (χ3n) is 14.5. The standard InChI is InChI=1S/C51H79NO13/c1-30-16-12-11-13-17-31(2)42(61-8)28-38-21-19-36(7)51(60,65-38)48(57)49(58)52-23-15-14-18-39(52)50(59)64-43(33(4)26-37-20-22-40(53)44(27-37)62-9)29-41(54)32(3)25-35(6)46(56)47(63-10)45(55)34(5)24-30/h11-13,16-17,25,30,33-40,42-44,46-47,53,56,60H,14-15,18-24,26-29H2,1-10H3/t30-,33-,34+,35?,36-,37+,38+,39+,40-,42-,43+,44-,46-,47+,51-/m1/s1. The van der Waals surface area contributed by atoms with Crippen LogP contribution in [-0.4, -0.2) is 132 Å². The van der Waals surface area contributed by atoms with Gasteiger partial charge in [-0.2, -0.15) is 0 Å². The van der Waals surface area contributed by atoms with E-state index in [4.69, 9.17) is 23.7 Å². The molecule has 2 bridgehead atoms. The minimum atomic E-state index is -2.43. The number of aliphatic hydroxyl groups excluding tert-OH is 2. The first-order chi connectivity index (χ1) is 30.7. The molecule has 1 saturated carbocycles. The molecule has 4 aliphatic rings. The number of fused-ring (bicyclic) bond motifs is 3. The van der Waals surface area contributed by atoms with Gasteiger partial charge in [-0.1, -0.05) is 71.1 Å². The van der Waals surface area contributed by atoms with Gasteiger partial charge in [0, 0.05) is 58.5 Å². The van der Waals surface area contributed by atoms with Gasteiger partial charge in [0.25, 0.3) is 11.7 Å². The molecule has 3 fully saturated rings. The number of piperidine rings is 1. The molecular weight excluding hydrogens is 835 g/mol. The molecule has 0 radical (unpaired) electrons. The number of carbonyl (C=O) groups is 5. The van der Waals surface area contributed by atoms with Gasteiger partial charge in [-0.3, -0.25) is 19.2 Å². The predicted octanol–water partition coefficient (Wildman–Crippen LogP) is 6.18. The lowest BCUT2D eigenvalue weighted by atomic mass is 9.78. The van der Waals surface area contributed by atoms with Gasteiger partial charge in [0.1, 0.15) is 18.2 Å². The number of hydrogen-bond donors (Lipinski definition) is 3. The molecule has 0 aromatic rings. The van der Waals surface area contributed by atoms with E-state index in [9.17, 15) is 39.3 Å². The Hall–Kier alpha value is -3.37. The van der Waals surface area contributed by atoms with E-state index in [1.54, 1.807) is 41.1 Å². The van der Waals surface area contributed by atoms with Crippen LogP contribution in [0.4, 0.5) is 0 Å². The van der Waals surface area contributed by atoms with E-state index in [1.807, 2.05) is 58.1 Å². The fourth-order valence-corrected chi connectivity index (χ4v) is 10.1. The number of esters is 1. The topological polar surface area (TPSA) is 195 Å². The number of allylic oxidation sites excluding steroid dienone is 6. The second-order valence-electron chi connectivity index (χ2n) is 19.6. The number of carbonyl (C=O) groups excluding carboxylic acids is 5. The van der Waals surface area contributed by atoms with Crippen LogP contribution in [0.2, 0.25) is 0 Å². The number of aliphatic hydroxyl groups is 3. The Balaban J connectivity index is 1.70. The first-order valence-corrected chi connectivity index (χ1v) is 23.9. The molecule has 3 N–H and O–H groups in total. The summed E-state index contributed by atoms with van der Waals surface area (Å²) in [5, 5.41) is 33.9. The van der Waals surface area contributed by atoms with Crippen LogP contribution in [0.1, 0.15) is 126 Å². The van der Waals surface area contributed by atoms with Crippen molar-refractivity contribution in [3.8, 4) is 0 Å². The monoisotopic (exact) mass is 914 g/mol. The number of ketones is 3. The maximum atomic E-state index is 14.4. The molecule has 1 aliphatic carbocycles. The molecule has 1 amide bonds. The first kappa shape index (κ1) is 54.2. The Morgan fingerprint density at radius 1 is 0.862 bits per heavy atom. The molecule has 15 atom stereocenters. The van der Waals surface area contributed by atoms with Crippen LogP contribution in [0.3, 0.4) is 0 Å². The van der Waals surface area contributed by atoms with Gasteiger partial charge in [-0.25, -0.2) is 4.79 Å². The summed E-state index contributed by atoms with van der Waals surface area (Å²) in [6, 6.07) is -1.14. The van der Waals surface area contributed by atoms with Crippen LogP contribution >= 0.6 is 0 Å². The van der Waals surface area contributed by atoms with E-state index < -0.39 is 83.9 Å². The fraction of sp³-hybridized carbons (Fsp3) is 0.745. The van der Waals surface area contributed by atoms with Crippen LogP contribution in [0.15, 0.2) is 47.6 Å². The average molecular weight is 914 g/mol. The lowest BCUT2D eigenvalue weighted by Crippen LogP contribution is -2.61. The molecule has 2 saturated heterocycles. The first-order valence-electron chi connectivity index (χ1n) is 23.9. The number of cyclic esters (lactones) is 1. The summed E-state index contributed by atoms with van der Waals surface area (Å²) in [5.74, 6) is -7.93. The Morgan fingerprint density at radius 3 is 2.26 bits per heavy atom. The maximum Gasteiger partial charge on any atom is 0.329 e. The van der Waals surface area contributed by atoms with Crippen molar-refractivity contribution in [1.29, 1.82) is 0 Å². The van der Waals surface area contributed by atoms with Gasteiger partial charge in [0.2, 0.25) is 5.79 Å². The van der Waals surface area contributed by atoms with Crippen LogP contribution in [0.5, 0.6) is 0 Å². The van der Waals surface area contributed by atoms with Gasteiger partial charge in [-0.05, 0) is 107 Å². The minimum absolute atomic E-state index is 0.0220. The van der Waals surface area contributed by atoms with Crippen LogP contribution < -0.4 is 0 Å². The van der Waals surface area contributed by atoms with Gasteiger partial charge in [-0.15, -0.1) is 0 Å². The Bertz CT molecular complexity index is 1760. The third kappa shape index (κ3) is 14.3. The van der Waals surface area contributed by atoms with Gasteiger partial charge >= 0.3 is 5.97 Å². The summed E-state index contributed by atoms with van der Waals surface area (Å²) in [4.78, 5) is 71.7. The molecule has 0 aromatic carbocycles. The smallest absolute Gasteiger partial charge is 0.329 e. The summed E-state index contributed by atoms with van der Waals surface area (Å²) in [6.45, 7) is 12.7. The molecule has 0 spiro atoms. The normalized spacial score (nSPS) is 37.8. The number of hydrogen-bond acceptors (Lipinski definition) is 13. The summed E-state index contributed by atoms with van der Waals surface area (Å²) >= 11 is 0. The molecule has 0 aromatic heterocycles. The van der Waals surface area contributed by atoms with Gasteiger partial charge in [0.15, 0.2) is 11.6 Å². The molecule has 14 heteroatoms. The summed E-state index contributed by atoms with van der Waals surface area (Å²) in [7, 11) is 4.53. The second-order valence-corrected chi connectivity index (χ2v) is 19.6. The largest absolute Gasteiger partial charge is 0.460 e. The van der Waals surface area contributed by atoms with Crippen molar-refractivity contribution in [2.24, 2.45) is 35.5 Å². The molecular formula is C51H79NO13.